The van der Waals surface area contributed by atoms with Crippen molar-refractivity contribution >= 4 is 12.4 Å². The highest BCUT2D eigenvalue weighted by atomic mass is 35.5. The molecule has 3 aliphatic heterocycles. The summed E-state index contributed by atoms with van der Waals surface area (Å²) in [6, 6.07) is 2.08. The average molecular weight is 248 g/mol. The molecule has 2 atom stereocenters. The summed E-state index contributed by atoms with van der Waals surface area (Å²) in [6.45, 7) is 1.87. The van der Waals surface area contributed by atoms with Gasteiger partial charge in [-0.05, 0) is 38.5 Å². The van der Waals surface area contributed by atoms with Gasteiger partial charge in [-0.2, -0.15) is 0 Å². The van der Waals surface area contributed by atoms with Crippen molar-refractivity contribution in [3.8, 4) is 0 Å². The van der Waals surface area contributed by atoms with Crippen LogP contribution in [0.1, 0.15) is 38.5 Å². The lowest BCUT2D eigenvalue weighted by atomic mass is 9.95. The van der Waals surface area contributed by atoms with Gasteiger partial charge in [-0.25, -0.2) is 0 Å². The number of rotatable bonds is 1. The molecule has 0 spiro atoms. The van der Waals surface area contributed by atoms with E-state index in [1.54, 1.807) is 0 Å². The van der Waals surface area contributed by atoms with E-state index in [2.05, 4.69) is 4.90 Å². The van der Waals surface area contributed by atoms with Gasteiger partial charge in [0.25, 0.3) is 0 Å². The van der Waals surface area contributed by atoms with Gasteiger partial charge in [-0.1, -0.05) is 0 Å². The Kier molecular flexibility index (Phi) is 4.11. The van der Waals surface area contributed by atoms with Crippen LogP contribution in [0.5, 0.6) is 0 Å². The maximum Gasteiger partial charge on any atom is 0.0570 e. The first kappa shape index (κ1) is 12.6. The number of aliphatic hydroxyl groups is 1. The second kappa shape index (κ2) is 5.21. The van der Waals surface area contributed by atoms with Gasteiger partial charge in [-0.15, -0.1) is 12.4 Å². The zero-order valence-electron chi connectivity index (χ0n) is 9.68. The topological polar surface area (TPSA) is 32.7 Å². The molecule has 0 aliphatic carbocycles. The number of fused-ring (bicyclic) bond motifs is 2. The van der Waals surface area contributed by atoms with E-state index in [0.29, 0.717) is 12.1 Å². The molecule has 1 N–H and O–H groups in total. The molecular weight excluding hydrogens is 226 g/mol. The Morgan fingerprint density at radius 2 is 1.44 bits per heavy atom. The third-order valence-corrected chi connectivity index (χ3v) is 4.38. The van der Waals surface area contributed by atoms with Gasteiger partial charge >= 0.3 is 0 Å². The fraction of sp³-hybridized carbons (Fsp3) is 1.00. The molecule has 3 aliphatic rings. The molecule has 16 heavy (non-hydrogen) atoms. The minimum Gasteiger partial charge on any atom is -0.393 e. The van der Waals surface area contributed by atoms with Crippen LogP contribution in [-0.4, -0.2) is 47.4 Å². The predicted molar refractivity (Wildman–Crippen MR) is 65.0 cm³/mol. The quantitative estimate of drug-likeness (QED) is 0.764. The lowest BCUT2D eigenvalue weighted by molar-refractivity contribution is -0.0291. The first-order chi connectivity index (χ1) is 7.34. The van der Waals surface area contributed by atoms with Crippen molar-refractivity contribution in [2.75, 3.05) is 13.2 Å². The van der Waals surface area contributed by atoms with Gasteiger partial charge in [0, 0.05) is 31.3 Å². The summed E-state index contributed by atoms with van der Waals surface area (Å²) in [6.07, 6.45) is 6.99. The molecule has 0 aromatic carbocycles. The largest absolute Gasteiger partial charge is 0.393 e. The summed E-state index contributed by atoms with van der Waals surface area (Å²) in [5.74, 6) is 0. The molecule has 0 aromatic rings. The number of hydrogen-bond acceptors (Lipinski definition) is 3. The highest BCUT2D eigenvalue weighted by Crippen LogP contribution is 2.39. The van der Waals surface area contributed by atoms with Gasteiger partial charge < -0.3 is 9.84 Å². The van der Waals surface area contributed by atoms with E-state index in [0.717, 1.165) is 32.1 Å². The summed E-state index contributed by atoms with van der Waals surface area (Å²) >= 11 is 0. The van der Waals surface area contributed by atoms with E-state index in [1.165, 1.54) is 25.7 Å². The maximum atomic E-state index is 9.75. The van der Waals surface area contributed by atoms with Crippen molar-refractivity contribution < 1.29 is 9.84 Å². The molecular formula is C12H22ClNO2. The fourth-order valence-electron chi connectivity index (χ4n) is 3.76. The molecule has 2 bridgehead atoms. The van der Waals surface area contributed by atoms with Crippen LogP contribution < -0.4 is 0 Å². The highest BCUT2D eigenvalue weighted by molar-refractivity contribution is 5.85. The molecule has 3 saturated heterocycles. The van der Waals surface area contributed by atoms with E-state index in [1.807, 2.05) is 0 Å². The monoisotopic (exact) mass is 247 g/mol. The summed E-state index contributed by atoms with van der Waals surface area (Å²) in [7, 11) is 0. The Labute approximate surface area is 104 Å². The van der Waals surface area contributed by atoms with Gasteiger partial charge in [0.2, 0.25) is 0 Å². The third-order valence-electron chi connectivity index (χ3n) is 4.38. The smallest absolute Gasteiger partial charge is 0.0570 e. The Hall–Kier alpha value is 0.170. The van der Waals surface area contributed by atoms with E-state index in [4.69, 9.17) is 4.74 Å². The van der Waals surface area contributed by atoms with Crippen LogP contribution in [0.4, 0.5) is 0 Å². The summed E-state index contributed by atoms with van der Waals surface area (Å²) < 4.78 is 5.43. The number of halogens is 1. The molecule has 0 aromatic heterocycles. The summed E-state index contributed by atoms with van der Waals surface area (Å²) in [4.78, 5) is 2.72. The Bertz CT molecular complexity index is 219. The van der Waals surface area contributed by atoms with E-state index in [-0.39, 0.29) is 18.5 Å². The van der Waals surface area contributed by atoms with Crippen molar-refractivity contribution in [1.82, 2.24) is 4.90 Å². The van der Waals surface area contributed by atoms with Crippen molar-refractivity contribution in [2.24, 2.45) is 0 Å². The van der Waals surface area contributed by atoms with Crippen LogP contribution in [0.25, 0.3) is 0 Å². The zero-order chi connectivity index (χ0) is 10.3. The lowest BCUT2D eigenvalue weighted by Crippen LogP contribution is -2.51. The molecule has 0 saturated carbocycles. The van der Waals surface area contributed by atoms with Crippen LogP contribution in [-0.2, 0) is 4.74 Å². The maximum absolute atomic E-state index is 9.75. The second-order valence-corrected chi connectivity index (χ2v) is 5.30. The second-order valence-electron chi connectivity index (χ2n) is 5.30. The molecule has 4 heteroatoms. The van der Waals surface area contributed by atoms with Crippen molar-refractivity contribution in [2.45, 2.75) is 62.8 Å². The first-order valence-electron chi connectivity index (χ1n) is 6.38. The molecule has 2 unspecified atom stereocenters. The SMILES string of the molecule is Cl.OC1CC2CCC(C1)N2C1CCOCC1. The van der Waals surface area contributed by atoms with E-state index < -0.39 is 0 Å². The summed E-state index contributed by atoms with van der Waals surface area (Å²) in [5, 5.41) is 9.75. The van der Waals surface area contributed by atoms with Crippen LogP contribution >= 0.6 is 12.4 Å². The first-order valence-corrected chi connectivity index (χ1v) is 6.38. The number of nitrogens with zero attached hydrogens (tertiary/aromatic N) is 1. The van der Waals surface area contributed by atoms with Crippen LogP contribution in [0.3, 0.4) is 0 Å². The average Bonchev–Trinajstić information content (AvgIpc) is 2.53. The van der Waals surface area contributed by atoms with Crippen molar-refractivity contribution in [1.29, 1.82) is 0 Å². The van der Waals surface area contributed by atoms with Crippen molar-refractivity contribution in [3.05, 3.63) is 0 Å². The molecule has 3 fully saturated rings. The lowest BCUT2D eigenvalue weighted by Gasteiger charge is -2.43. The highest BCUT2D eigenvalue weighted by Gasteiger charge is 2.43. The number of aliphatic hydroxyl groups excluding tert-OH is 1. The predicted octanol–water partition coefficient (Wildman–Crippen LogP) is 1.57. The Balaban J connectivity index is 0.000000963. The van der Waals surface area contributed by atoms with E-state index >= 15 is 0 Å². The zero-order valence-corrected chi connectivity index (χ0v) is 10.5. The molecule has 94 valence electrons. The standard InChI is InChI=1S/C12H21NO2.ClH/c14-12-7-10-1-2-11(8-12)13(10)9-3-5-15-6-4-9;/h9-12,14H,1-8H2;1H. The fourth-order valence-corrected chi connectivity index (χ4v) is 3.76. The van der Waals surface area contributed by atoms with Crippen LogP contribution in [0.15, 0.2) is 0 Å². The molecule has 3 nitrogen and oxygen atoms in total. The normalized spacial score (nSPS) is 40.7. The molecule has 3 rings (SSSR count). The number of ether oxygens (including phenoxy) is 1. The van der Waals surface area contributed by atoms with Crippen LogP contribution in [0, 0.1) is 0 Å². The van der Waals surface area contributed by atoms with Gasteiger partial charge in [0.1, 0.15) is 0 Å². The van der Waals surface area contributed by atoms with Crippen LogP contribution in [0.2, 0.25) is 0 Å². The van der Waals surface area contributed by atoms with Gasteiger partial charge in [0.15, 0.2) is 0 Å². The minimum absolute atomic E-state index is 0. The molecule has 3 heterocycles. The van der Waals surface area contributed by atoms with E-state index in [9.17, 15) is 5.11 Å². The number of piperidine rings is 1. The Morgan fingerprint density at radius 1 is 0.875 bits per heavy atom. The Morgan fingerprint density at radius 3 is 2.00 bits per heavy atom. The summed E-state index contributed by atoms with van der Waals surface area (Å²) in [5.41, 5.74) is 0. The number of hydrogen-bond donors (Lipinski definition) is 1. The van der Waals surface area contributed by atoms with Gasteiger partial charge in [0.05, 0.1) is 6.10 Å². The van der Waals surface area contributed by atoms with Gasteiger partial charge in [-0.3, -0.25) is 4.90 Å². The molecule has 0 radical (unpaired) electrons. The molecule has 0 amide bonds. The third kappa shape index (κ3) is 2.23. The minimum atomic E-state index is -0.0291. The van der Waals surface area contributed by atoms with Crippen molar-refractivity contribution in [3.63, 3.8) is 0 Å².